The van der Waals surface area contributed by atoms with E-state index in [9.17, 15) is 5.11 Å². The molecule has 4 rings (SSSR count). The van der Waals surface area contributed by atoms with Gasteiger partial charge in [-0.3, -0.25) is 0 Å². The van der Waals surface area contributed by atoms with Gasteiger partial charge in [-0.1, -0.05) is 59.7 Å². The van der Waals surface area contributed by atoms with Crippen molar-refractivity contribution in [2.24, 2.45) is 0 Å². The summed E-state index contributed by atoms with van der Waals surface area (Å²) in [4.78, 5) is 2.20. The monoisotopic (exact) mass is 439 g/mol. The third-order valence-electron chi connectivity index (χ3n) is 5.55. The van der Waals surface area contributed by atoms with E-state index in [1.54, 1.807) is 0 Å². The molecular weight excluding hydrogens is 410 g/mol. The topological polar surface area (TPSA) is 52.9 Å². The van der Waals surface area contributed by atoms with Gasteiger partial charge in [0.2, 0.25) is 0 Å². The molecule has 0 fully saturated rings. The smallest absolute Gasteiger partial charge is 0.119 e. The molecule has 0 bridgehead atoms. The van der Waals surface area contributed by atoms with E-state index in [0.29, 0.717) is 5.75 Å². The lowest BCUT2D eigenvalue weighted by Crippen LogP contribution is -2.21. The lowest BCUT2D eigenvalue weighted by atomic mass is 10.0. The molecule has 33 heavy (non-hydrogen) atoms. The molecule has 0 amide bonds. The van der Waals surface area contributed by atoms with Gasteiger partial charge in [-0.25, -0.2) is 0 Å². The van der Waals surface area contributed by atoms with Crippen LogP contribution in [0.4, 0.5) is 17.1 Å². The van der Waals surface area contributed by atoms with E-state index in [2.05, 4.69) is 91.5 Å². The van der Waals surface area contributed by atoms with E-state index in [1.807, 2.05) is 24.3 Å². The molecule has 1 unspecified atom stereocenters. The van der Waals surface area contributed by atoms with E-state index >= 15 is 0 Å². The number of aliphatic hydroxyl groups is 2. The average Bonchev–Trinajstić information content (AvgIpc) is 2.85. The second kappa shape index (κ2) is 10.3. The number of hydrogen-bond donors (Lipinski definition) is 2. The first-order valence-electron chi connectivity index (χ1n) is 11.1. The van der Waals surface area contributed by atoms with E-state index in [4.69, 9.17) is 9.84 Å². The van der Waals surface area contributed by atoms with Gasteiger partial charge in [-0.05, 0) is 73.5 Å². The first-order chi connectivity index (χ1) is 16.0. The summed E-state index contributed by atoms with van der Waals surface area (Å²) < 4.78 is 5.57. The maximum Gasteiger partial charge on any atom is 0.119 e. The molecule has 2 N–H and O–H groups in total. The number of aryl methyl sites for hydroxylation is 2. The van der Waals surface area contributed by atoms with Crippen LogP contribution in [0.2, 0.25) is 0 Å². The Balaban J connectivity index is 1.64. The third kappa shape index (κ3) is 5.61. The minimum absolute atomic E-state index is 0.0536. The van der Waals surface area contributed by atoms with Gasteiger partial charge in [-0.2, -0.15) is 0 Å². The average molecular weight is 440 g/mol. The van der Waals surface area contributed by atoms with Gasteiger partial charge < -0.3 is 19.8 Å². The Kier molecular flexibility index (Phi) is 7.08. The van der Waals surface area contributed by atoms with Crippen molar-refractivity contribution in [3.63, 3.8) is 0 Å². The molecule has 4 aromatic carbocycles. The van der Waals surface area contributed by atoms with Crippen molar-refractivity contribution in [2.75, 3.05) is 18.1 Å². The highest BCUT2D eigenvalue weighted by Gasteiger charge is 2.13. The Bertz CT molecular complexity index is 1150. The lowest BCUT2D eigenvalue weighted by Gasteiger charge is -2.26. The summed E-state index contributed by atoms with van der Waals surface area (Å²) in [5.41, 5.74) is 7.94. The van der Waals surface area contributed by atoms with Crippen molar-refractivity contribution < 1.29 is 14.9 Å². The molecule has 0 aliphatic rings. The maximum absolute atomic E-state index is 9.52. The van der Waals surface area contributed by atoms with E-state index in [-0.39, 0.29) is 13.2 Å². The van der Waals surface area contributed by atoms with Gasteiger partial charge in [0.1, 0.15) is 18.5 Å². The molecule has 4 aromatic rings. The van der Waals surface area contributed by atoms with E-state index in [1.165, 1.54) is 22.3 Å². The van der Waals surface area contributed by atoms with Gasteiger partial charge in [0, 0.05) is 17.1 Å². The zero-order valence-electron chi connectivity index (χ0n) is 19.0. The van der Waals surface area contributed by atoms with Crippen LogP contribution in [0.3, 0.4) is 0 Å². The van der Waals surface area contributed by atoms with Gasteiger partial charge in [0.25, 0.3) is 0 Å². The summed E-state index contributed by atoms with van der Waals surface area (Å²) in [6.07, 6.45) is -0.888. The largest absolute Gasteiger partial charge is 0.491 e. The normalized spacial score (nSPS) is 11.8. The number of ether oxygens (including phenoxy) is 1. The number of nitrogens with zero attached hydrogens (tertiary/aromatic N) is 1. The molecule has 4 heteroatoms. The Hall–Kier alpha value is -3.60. The number of hydrogen-bond acceptors (Lipinski definition) is 4. The molecule has 0 aliphatic heterocycles. The molecule has 0 aliphatic carbocycles. The molecule has 0 aromatic heterocycles. The van der Waals surface area contributed by atoms with Gasteiger partial charge >= 0.3 is 0 Å². The van der Waals surface area contributed by atoms with Crippen LogP contribution in [0.25, 0.3) is 11.1 Å². The van der Waals surface area contributed by atoms with Crippen molar-refractivity contribution >= 4 is 17.1 Å². The van der Waals surface area contributed by atoms with Crippen LogP contribution in [0.5, 0.6) is 5.75 Å². The van der Waals surface area contributed by atoms with Crippen LogP contribution in [0.1, 0.15) is 11.1 Å². The molecule has 4 nitrogen and oxygen atoms in total. The van der Waals surface area contributed by atoms with Crippen molar-refractivity contribution in [1.29, 1.82) is 0 Å². The van der Waals surface area contributed by atoms with Crippen molar-refractivity contribution in [3.8, 4) is 16.9 Å². The first kappa shape index (κ1) is 22.6. The molecule has 1 atom stereocenters. The number of aliphatic hydroxyl groups excluding tert-OH is 2. The fraction of sp³-hybridized carbons (Fsp3) is 0.172. The van der Waals surface area contributed by atoms with Gasteiger partial charge in [-0.15, -0.1) is 0 Å². The summed E-state index contributed by atoms with van der Waals surface area (Å²) in [5.74, 6) is 0.643. The second-order valence-electron chi connectivity index (χ2n) is 8.23. The van der Waals surface area contributed by atoms with Crippen LogP contribution in [0.15, 0.2) is 97.1 Å². The minimum Gasteiger partial charge on any atom is -0.491 e. The van der Waals surface area contributed by atoms with Crippen LogP contribution in [-0.4, -0.2) is 29.5 Å². The standard InChI is InChI=1S/C29H29NO3/c1-21-3-7-23(8-4-21)24-9-13-26(14-10-24)30(25-11-5-22(2)6-12-25)27-15-17-29(18-16-27)33-20-28(32)19-31/h3-18,28,31-32H,19-20H2,1-2H3. The fourth-order valence-corrected chi connectivity index (χ4v) is 3.63. The van der Waals surface area contributed by atoms with Crippen molar-refractivity contribution in [3.05, 3.63) is 108 Å². The predicted molar refractivity (Wildman–Crippen MR) is 135 cm³/mol. The van der Waals surface area contributed by atoms with Crippen molar-refractivity contribution in [1.82, 2.24) is 0 Å². The van der Waals surface area contributed by atoms with Crippen LogP contribution in [0, 0.1) is 13.8 Å². The van der Waals surface area contributed by atoms with Crippen LogP contribution < -0.4 is 9.64 Å². The molecule has 168 valence electrons. The minimum atomic E-state index is -0.888. The molecule has 0 saturated carbocycles. The van der Waals surface area contributed by atoms with E-state index in [0.717, 1.165) is 17.1 Å². The number of anilines is 3. The Morgan fingerprint density at radius 3 is 1.52 bits per heavy atom. The zero-order chi connectivity index (χ0) is 23.2. The quantitative estimate of drug-likeness (QED) is 0.345. The number of benzene rings is 4. The van der Waals surface area contributed by atoms with Crippen LogP contribution in [-0.2, 0) is 0 Å². The Morgan fingerprint density at radius 1 is 0.636 bits per heavy atom. The van der Waals surface area contributed by atoms with Crippen molar-refractivity contribution in [2.45, 2.75) is 20.0 Å². The van der Waals surface area contributed by atoms with Crippen LogP contribution >= 0.6 is 0 Å². The summed E-state index contributed by atoms with van der Waals surface area (Å²) in [5, 5.41) is 18.5. The molecule has 0 heterocycles. The second-order valence-corrected chi connectivity index (χ2v) is 8.23. The molecule has 0 radical (unpaired) electrons. The highest BCUT2D eigenvalue weighted by molar-refractivity contribution is 5.78. The summed E-state index contributed by atoms with van der Waals surface area (Å²) in [7, 11) is 0. The molecular formula is C29H29NO3. The molecule has 0 saturated heterocycles. The summed E-state index contributed by atoms with van der Waals surface area (Å²) in [6, 6.07) is 33.3. The Morgan fingerprint density at radius 2 is 1.03 bits per heavy atom. The highest BCUT2D eigenvalue weighted by atomic mass is 16.5. The summed E-state index contributed by atoms with van der Waals surface area (Å²) in [6.45, 7) is 3.91. The zero-order valence-corrected chi connectivity index (χ0v) is 19.0. The fourth-order valence-electron chi connectivity index (χ4n) is 3.63. The lowest BCUT2D eigenvalue weighted by molar-refractivity contribution is 0.0536. The SMILES string of the molecule is Cc1ccc(-c2ccc(N(c3ccc(C)cc3)c3ccc(OCC(O)CO)cc3)cc2)cc1. The van der Waals surface area contributed by atoms with Gasteiger partial charge in [0.05, 0.1) is 6.61 Å². The first-order valence-corrected chi connectivity index (χ1v) is 11.1. The third-order valence-corrected chi connectivity index (χ3v) is 5.55. The Labute approximate surface area is 195 Å². The predicted octanol–water partition coefficient (Wildman–Crippen LogP) is 6.17. The summed E-state index contributed by atoms with van der Waals surface area (Å²) >= 11 is 0. The highest BCUT2D eigenvalue weighted by Crippen LogP contribution is 2.36. The van der Waals surface area contributed by atoms with E-state index < -0.39 is 6.10 Å². The molecule has 0 spiro atoms. The number of rotatable bonds is 8. The van der Waals surface area contributed by atoms with Gasteiger partial charge in [0.15, 0.2) is 0 Å². The maximum atomic E-state index is 9.52.